The predicted octanol–water partition coefficient (Wildman–Crippen LogP) is 3.92. The number of aromatic nitrogens is 2. The van der Waals surface area contributed by atoms with Gasteiger partial charge in [-0.05, 0) is 49.6 Å². The van der Waals surface area contributed by atoms with Gasteiger partial charge in [0.1, 0.15) is 0 Å². The average molecular weight is 317 g/mol. The smallest absolute Gasteiger partial charge is 0.228 e. The van der Waals surface area contributed by atoms with Gasteiger partial charge in [0.2, 0.25) is 5.91 Å². The summed E-state index contributed by atoms with van der Waals surface area (Å²) in [4.78, 5) is 11.8. The van der Waals surface area contributed by atoms with Gasteiger partial charge in [-0.2, -0.15) is 0 Å². The van der Waals surface area contributed by atoms with Crippen molar-refractivity contribution in [3.8, 4) is 0 Å². The molecule has 0 atom stereocenters. The molecule has 0 saturated heterocycles. The summed E-state index contributed by atoms with van der Waals surface area (Å²) in [7, 11) is 0. The summed E-state index contributed by atoms with van der Waals surface area (Å²) in [6.45, 7) is 1.95. The van der Waals surface area contributed by atoms with Crippen LogP contribution in [-0.4, -0.2) is 16.1 Å². The van der Waals surface area contributed by atoms with E-state index in [1.807, 2.05) is 25.1 Å². The van der Waals surface area contributed by atoms with Crippen LogP contribution in [0.2, 0.25) is 5.02 Å². The standard InChI is InChI=1S/C16H17ClN4O/c1-10-5-6-12(9-13(10)17)18-14-7-8-15(21-20-14)19-16(22)11-3-2-4-11/h5-9,11H,2-4H2,1H3,(H,18,20)(H,19,21,22). The first-order valence-corrected chi connectivity index (χ1v) is 7.67. The average Bonchev–Trinajstić information content (AvgIpc) is 2.43. The molecular weight excluding hydrogens is 300 g/mol. The SMILES string of the molecule is Cc1ccc(Nc2ccc(NC(=O)C3CCC3)nn2)cc1Cl. The minimum absolute atomic E-state index is 0.0339. The Morgan fingerprint density at radius 1 is 1.18 bits per heavy atom. The number of hydrogen-bond donors (Lipinski definition) is 2. The van der Waals surface area contributed by atoms with Crippen molar-refractivity contribution >= 4 is 34.8 Å². The van der Waals surface area contributed by atoms with E-state index in [1.165, 1.54) is 0 Å². The van der Waals surface area contributed by atoms with E-state index in [4.69, 9.17) is 11.6 Å². The van der Waals surface area contributed by atoms with E-state index in [0.717, 1.165) is 30.5 Å². The Morgan fingerprint density at radius 2 is 1.91 bits per heavy atom. The van der Waals surface area contributed by atoms with Crippen molar-refractivity contribution in [1.29, 1.82) is 0 Å². The summed E-state index contributed by atoms with van der Waals surface area (Å²) in [5, 5.41) is 14.7. The molecule has 3 rings (SSSR count). The van der Waals surface area contributed by atoms with E-state index < -0.39 is 0 Å². The van der Waals surface area contributed by atoms with Crippen LogP contribution in [0.5, 0.6) is 0 Å². The lowest BCUT2D eigenvalue weighted by atomic mass is 9.85. The number of carbonyl (C=O) groups excluding carboxylic acids is 1. The van der Waals surface area contributed by atoms with Gasteiger partial charge < -0.3 is 10.6 Å². The van der Waals surface area contributed by atoms with Gasteiger partial charge in [-0.3, -0.25) is 4.79 Å². The summed E-state index contributed by atoms with van der Waals surface area (Å²) < 4.78 is 0. The van der Waals surface area contributed by atoms with Crippen LogP contribution < -0.4 is 10.6 Å². The van der Waals surface area contributed by atoms with Gasteiger partial charge in [0, 0.05) is 16.6 Å². The van der Waals surface area contributed by atoms with Crippen LogP contribution in [0, 0.1) is 12.8 Å². The normalized spacial score (nSPS) is 14.3. The molecule has 2 aromatic rings. The number of halogens is 1. The minimum atomic E-state index is 0.0339. The number of benzene rings is 1. The highest BCUT2D eigenvalue weighted by molar-refractivity contribution is 6.31. The van der Waals surface area contributed by atoms with Crippen LogP contribution in [0.25, 0.3) is 0 Å². The maximum Gasteiger partial charge on any atom is 0.228 e. The number of anilines is 3. The Hall–Kier alpha value is -2.14. The number of nitrogens with zero attached hydrogens (tertiary/aromatic N) is 2. The van der Waals surface area contributed by atoms with E-state index in [9.17, 15) is 4.79 Å². The summed E-state index contributed by atoms with van der Waals surface area (Å²) in [6, 6.07) is 9.21. The summed E-state index contributed by atoms with van der Waals surface area (Å²) in [6.07, 6.45) is 3.06. The van der Waals surface area contributed by atoms with Gasteiger partial charge in [0.15, 0.2) is 11.6 Å². The molecule has 1 aliphatic rings. The van der Waals surface area contributed by atoms with E-state index in [-0.39, 0.29) is 11.8 Å². The van der Waals surface area contributed by atoms with Gasteiger partial charge in [-0.15, -0.1) is 10.2 Å². The topological polar surface area (TPSA) is 66.9 Å². The van der Waals surface area contributed by atoms with Crippen molar-refractivity contribution in [3.05, 3.63) is 40.9 Å². The molecule has 0 radical (unpaired) electrons. The zero-order chi connectivity index (χ0) is 15.5. The Kier molecular flexibility index (Phi) is 4.24. The maximum absolute atomic E-state index is 11.8. The zero-order valence-corrected chi connectivity index (χ0v) is 13.0. The largest absolute Gasteiger partial charge is 0.339 e. The predicted molar refractivity (Wildman–Crippen MR) is 87.5 cm³/mol. The van der Waals surface area contributed by atoms with Crippen LogP contribution in [-0.2, 0) is 4.79 Å². The number of carbonyl (C=O) groups is 1. The van der Waals surface area contributed by atoms with Crippen molar-refractivity contribution in [2.75, 3.05) is 10.6 Å². The first kappa shape index (κ1) is 14.8. The number of amides is 1. The Morgan fingerprint density at radius 3 is 2.50 bits per heavy atom. The van der Waals surface area contributed by atoms with Gasteiger partial charge in [-0.1, -0.05) is 24.1 Å². The van der Waals surface area contributed by atoms with Crippen molar-refractivity contribution < 1.29 is 4.79 Å². The van der Waals surface area contributed by atoms with Gasteiger partial charge in [-0.25, -0.2) is 0 Å². The van der Waals surface area contributed by atoms with E-state index in [2.05, 4.69) is 20.8 Å². The number of nitrogens with one attached hydrogen (secondary N) is 2. The lowest BCUT2D eigenvalue weighted by Gasteiger charge is -2.23. The van der Waals surface area contributed by atoms with E-state index >= 15 is 0 Å². The third-order valence-corrected chi connectivity index (χ3v) is 4.24. The van der Waals surface area contributed by atoms with Crippen LogP contribution in [0.3, 0.4) is 0 Å². The lowest BCUT2D eigenvalue weighted by Crippen LogP contribution is -2.28. The molecule has 0 spiro atoms. The lowest BCUT2D eigenvalue weighted by molar-refractivity contribution is -0.122. The molecule has 1 aromatic heterocycles. The Bertz CT molecular complexity index is 683. The minimum Gasteiger partial charge on any atom is -0.339 e. The second-order valence-electron chi connectivity index (χ2n) is 5.51. The fourth-order valence-electron chi connectivity index (χ4n) is 2.18. The fraction of sp³-hybridized carbons (Fsp3) is 0.312. The molecule has 22 heavy (non-hydrogen) atoms. The molecule has 1 fully saturated rings. The van der Waals surface area contributed by atoms with Crippen molar-refractivity contribution in [2.24, 2.45) is 5.92 Å². The third kappa shape index (κ3) is 3.36. The van der Waals surface area contributed by atoms with Crippen LogP contribution in [0.4, 0.5) is 17.3 Å². The number of aryl methyl sites for hydroxylation is 1. The molecule has 5 nitrogen and oxygen atoms in total. The molecule has 0 unspecified atom stereocenters. The molecular formula is C16H17ClN4O. The van der Waals surface area contributed by atoms with Crippen molar-refractivity contribution in [3.63, 3.8) is 0 Å². The zero-order valence-electron chi connectivity index (χ0n) is 12.3. The number of hydrogen-bond acceptors (Lipinski definition) is 4. The third-order valence-electron chi connectivity index (χ3n) is 3.84. The van der Waals surface area contributed by atoms with Crippen molar-refractivity contribution in [2.45, 2.75) is 26.2 Å². The molecule has 114 valence electrons. The molecule has 0 bridgehead atoms. The summed E-state index contributed by atoms with van der Waals surface area (Å²) in [5.74, 6) is 1.24. The summed E-state index contributed by atoms with van der Waals surface area (Å²) >= 11 is 6.09. The van der Waals surface area contributed by atoms with Crippen LogP contribution in [0.15, 0.2) is 30.3 Å². The maximum atomic E-state index is 11.8. The number of rotatable bonds is 4. The van der Waals surface area contributed by atoms with Gasteiger partial charge >= 0.3 is 0 Å². The molecule has 1 saturated carbocycles. The first-order valence-electron chi connectivity index (χ1n) is 7.29. The van der Waals surface area contributed by atoms with Crippen LogP contribution >= 0.6 is 11.6 Å². The molecule has 1 aromatic carbocycles. The molecule has 6 heteroatoms. The first-order chi connectivity index (χ1) is 10.6. The molecule has 0 aliphatic heterocycles. The van der Waals surface area contributed by atoms with Gasteiger partial charge in [0.25, 0.3) is 0 Å². The highest BCUT2D eigenvalue weighted by Crippen LogP contribution is 2.27. The molecule has 1 heterocycles. The second kappa shape index (κ2) is 6.32. The molecule has 1 aliphatic carbocycles. The summed E-state index contributed by atoms with van der Waals surface area (Å²) in [5.41, 5.74) is 1.86. The highest BCUT2D eigenvalue weighted by atomic mass is 35.5. The Balaban J connectivity index is 1.63. The Labute approximate surface area is 134 Å². The molecule has 1 amide bonds. The fourth-order valence-corrected chi connectivity index (χ4v) is 2.36. The molecule has 2 N–H and O–H groups in total. The van der Waals surface area contributed by atoms with E-state index in [1.54, 1.807) is 12.1 Å². The quantitative estimate of drug-likeness (QED) is 0.897. The second-order valence-corrected chi connectivity index (χ2v) is 5.92. The van der Waals surface area contributed by atoms with E-state index in [0.29, 0.717) is 16.7 Å². The highest BCUT2D eigenvalue weighted by Gasteiger charge is 2.25. The van der Waals surface area contributed by atoms with Crippen LogP contribution in [0.1, 0.15) is 24.8 Å². The van der Waals surface area contributed by atoms with Gasteiger partial charge in [0.05, 0.1) is 0 Å². The van der Waals surface area contributed by atoms with Crippen molar-refractivity contribution in [1.82, 2.24) is 10.2 Å². The monoisotopic (exact) mass is 316 g/mol.